The number of hydrogen-bond acceptors (Lipinski definition) is 6. The van der Waals surface area contributed by atoms with Crippen molar-refractivity contribution in [1.82, 2.24) is 20.2 Å². The van der Waals surface area contributed by atoms with Crippen LogP contribution in [-0.2, 0) is 16.4 Å². The van der Waals surface area contributed by atoms with E-state index < -0.39 is 20.4 Å². The highest BCUT2D eigenvalue weighted by Gasteiger charge is 2.32. The first-order valence-electron chi connectivity index (χ1n) is 6.13. The van der Waals surface area contributed by atoms with Crippen molar-refractivity contribution in [3.8, 4) is 11.4 Å². The van der Waals surface area contributed by atoms with Gasteiger partial charge in [-0.05, 0) is 42.5 Å². The molecule has 2 N–H and O–H groups in total. The van der Waals surface area contributed by atoms with Crippen LogP contribution in [0.5, 0.6) is 0 Å². The molecule has 21 heavy (non-hydrogen) atoms. The van der Waals surface area contributed by atoms with Crippen LogP contribution in [0.4, 0.5) is 10.1 Å². The third-order valence-electron chi connectivity index (χ3n) is 3.32. The summed E-state index contributed by atoms with van der Waals surface area (Å²) < 4.78 is 37.1. The lowest BCUT2D eigenvalue weighted by molar-refractivity contribution is 0.471. The molecule has 0 aliphatic rings. The molecule has 1 heterocycles. The van der Waals surface area contributed by atoms with E-state index in [0.29, 0.717) is 11.4 Å². The number of tetrazole rings is 1. The first-order valence-corrected chi connectivity index (χ1v) is 8.02. The quantitative estimate of drug-likeness (QED) is 0.840. The van der Waals surface area contributed by atoms with Gasteiger partial charge in [0, 0.05) is 11.8 Å². The van der Waals surface area contributed by atoms with E-state index >= 15 is 0 Å². The van der Waals surface area contributed by atoms with Crippen molar-refractivity contribution in [3.05, 3.63) is 24.0 Å². The Kier molecular flexibility index (Phi) is 3.70. The summed E-state index contributed by atoms with van der Waals surface area (Å²) >= 11 is 0. The van der Waals surface area contributed by atoms with Crippen LogP contribution in [-0.4, -0.2) is 39.6 Å². The molecule has 9 heteroatoms. The highest BCUT2D eigenvalue weighted by atomic mass is 32.2. The Balaban J connectivity index is 2.42. The predicted molar refractivity (Wildman–Crippen MR) is 76.5 cm³/mol. The molecule has 0 radical (unpaired) electrons. The molecule has 1 aromatic heterocycles. The van der Waals surface area contributed by atoms with Crippen molar-refractivity contribution >= 4 is 15.5 Å². The molecule has 1 aromatic carbocycles. The van der Waals surface area contributed by atoms with Gasteiger partial charge < -0.3 is 5.73 Å². The summed E-state index contributed by atoms with van der Waals surface area (Å²) in [5.41, 5.74) is 6.02. The van der Waals surface area contributed by atoms with Crippen LogP contribution in [0.3, 0.4) is 0 Å². The van der Waals surface area contributed by atoms with Gasteiger partial charge >= 0.3 is 0 Å². The van der Waals surface area contributed by atoms with Gasteiger partial charge in [0.15, 0.2) is 15.7 Å². The maximum Gasteiger partial charge on any atom is 0.182 e. The van der Waals surface area contributed by atoms with E-state index in [-0.39, 0.29) is 12.2 Å². The average molecular weight is 313 g/mol. The summed E-state index contributed by atoms with van der Waals surface area (Å²) in [4.78, 5) is 0. The standard InChI is InChI=1S/C12H16FN5O2S/c1-12(2,21(3,19)20)7-18-11(15-16-17-18)8-4-5-9(13)10(14)6-8/h4-6H,7,14H2,1-3H3. The van der Waals surface area contributed by atoms with Crippen LogP contribution in [0, 0.1) is 5.82 Å². The van der Waals surface area contributed by atoms with Crippen LogP contribution < -0.4 is 5.73 Å². The largest absolute Gasteiger partial charge is 0.396 e. The molecule has 7 nitrogen and oxygen atoms in total. The monoisotopic (exact) mass is 313 g/mol. The molecule has 0 saturated heterocycles. The summed E-state index contributed by atoms with van der Waals surface area (Å²) in [6.45, 7) is 3.26. The summed E-state index contributed by atoms with van der Waals surface area (Å²) in [6, 6.07) is 4.11. The topological polar surface area (TPSA) is 104 Å². The Hall–Kier alpha value is -2.03. The molecule has 0 spiro atoms. The summed E-state index contributed by atoms with van der Waals surface area (Å²) in [5, 5.41) is 11.2. The molecule has 0 unspecified atom stereocenters. The number of sulfone groups is 1. The second-order valence-corrected chi connectivity index (χ2v) is 8.08. The number of nitrogens with zero attached hydrogens (tertiary/aromatic N) is 4. The Bertz CT molecular complexity index is 770. The van der Waals surface area contributed by atoms with Gasteiger partial charge in [-0.3, -0.25) is 0 Å². The lowest BCUT2D eigenvalue weighted by Gasteiger charge is -2.22. The van der Waals surface area contributed by atoms with Crippen molar-refractivity contribution in [1.29, 1.82) is 0 Å². The van der Waals surface area contributed by atoms with Crippen molar-refractivity contribution in [2.45, 2.75) is 25.1 Å². The van der Waals surface area contributed by atoms with Gasteiger partial charge in [0.25, 0.3) is 0 Å². The first-order chi connectivity index (χ1) is 9.62. The number of rotatable bonds is 4. The van der Waals surface area contributed by atoms with Crippen molar-refractivity contribution in [2.75, 3.05) is 12.0 Å². The second kappa shape index (κ2) is 5.06. The number of nitrogen functional groups attached to an aromatic ring is 1. The Labute approximate surface area is 121 Å². The second-order valence-electron chi connectivity index (χ2n) is 5.43. The van der Waals surface area contributed by atoms with E-state index in [1.54, 1.807) is 13.8 Å². The maximum atomic E-state index is 13.2. The SMILES string of the molecule is CC(C)(Cn1nnnc1-c1ccc(F)c(N)c1)S(C)(=O)=O. The van der Waals surface area contributed by atoms with Crippen molar-refractivity contribution in [2.24, 2.45) is 0 Å². The fraction of sp³-hybridized carbons (Fsp3) is 0.417. The molecular weight excluding hydrogens is 297 g/mol. The lowest BCUT2D eigenvalue weighted by Crippen LogP contribution is -2.36. The molecule has 0 aliphatic heterocycles. The van der Waals surface area contributed by atoms with Crippen molar-refractivity contribution in [3.63, 3.8) is 0 Å². The number of nitrogens with two attached hydrogens (primary N) is 1. The summed E-state index contributed by atoms with van der Waals surface area (Å²) in [7, 11) is -3.29. The molecular formula is C12H16FN5O2S. The highest BCUT2D eigenvalue weighted by Crippen LogP contribution is 2.24. The Morgan fingerprint density at radius 2 is 2.05 bits per heavy atom. The minimum atomic E-state index is -3.29. The minimum absolute atomic E-state index is 0.0237. The maximum absolute atomic E-state index is 13.2. The van der Waals surface area contributed by atoms with E-state index in [2.05, 4.69) is 15.5 Å². The number of anilines is 1. The zero-order valence-electron chi connectivity index (χ0n) is 11.9. The van der Waals surface area contributed by atoms with Gasteiger partial charge in [0.2, 0.25) is 0 Å². The third kappa shape index (κ3) is 3.02. The molecule has 0 amide bonds. The Morgan fingerprint density at radius 3 is 2.62 bits per heavy atom. The average Bonchev–Trinajstić information content (AvgIpc) is 2.78. The van der Waals surface area contributed by atoms with E-state index in [1.807, 2.05) is 0 Å². The van der Waals surface area contributed by atoms with Crippen molar-refractivity contribution < 1.29 is 12.8 Å². The fourth-order valence-electron chi connectivity index (χ4n) is 1.68. The van der Waals surface area contributed by atoms with E-state index in [0.717, 1.165) is 6.26 Å². The van der Waals surface area contributed by atoms with E-state index in [4.69, 9.17) is 5.73 Å². The van der Waals surface area contributed by atoms with Crippen LogP contribution >= 0.6 is 0 Å². The highest BCUT2D eigenvalue weighted by molar-refractivity contribution is 7.92. The lowest BCUT2D eigenvalue weighted by atomic mass is 10.1. The number of benzene rings is 1. The van der Waals surface area contributed by atoms with Crippen LogP contribution in [0.25, 0.3) is 11.4 Å². The minimum Gasteiger partial charge on any atom is -0.396 e. The Morgan fingerprint density at radius 1 is 1.38 bits per heavy atom. The zero-order valence-corrected chi connectivity index (χ0v) is 12.7. The fourth-order valence-corrected chi connectivity index (χ4v) is 2.04. The molecule has 2 rings (SSSR count). The van der Waals surface area contributed by atoms with Gasteiger partial charge in [0.05, 0.1) is 17.0 Å². The molecule has 0 bridgehead atoms. The van der Waals surface area contributed by atoms with Gasteiger partial charge in [0.1, 0.15) is 5.82 Å². The molecule has 0 atom stereocenters. The summed E-state index contributed by atoms with van der Waals surface area (Å²) in [5.74, 6) is -0.201. The van der Waals surface area contributed by atoms with E-state index in [1.165, 1.54) is 22.9 Å². The molecule has 0 aliphatic carbocycles. The normalized spacial score (nSPS) is 12.6. The van der Waals surface area contributed by atoms with Crippen LogP contribution in [0.15, 0.2) is 18.2 Å². The van der Waals surface area contributed by atoms with E-state index in [9.17, 15) is 12.8 Å². The van der Waals surface area contributed by atoms with Gasteiger partial charge in [-0.2, -0.15) is 0 Å². The van der Waals surface area contributed by atoms with Gasteiger partial charge in [-0.15, -0.1) is 5.10 Å². The molecule has 2 aromatic rings. The molecule has 114 valence electrons. The molecule has 0 saturated carbocycles. The van der Waals surface area contributed by atoms with Gasteiger partial charge in [-0.1, -0.05) is 0 Å². The number of halogens is 1. The zero-order chi connectivity index (χ0) is 15.8. The summed E-state index contributed by atoms with van der Waals surface area (Å²) in [6.07, 6.45) is 1.16. The number of hydrogen-bond donors (Lipinski definition) is 1. The predicted octanol–water partition coefficient (Wildman–Crippen LogP) is 0.885. The first kappa shape index (κ1) is 15.4. The smallest absolute Gasteiger partial charge is 0.182 e. The number of aromatic nitrogens is 4. The van der Waals surface area contributed by atoms with Crippen LogP contribution in [0.1, 0.15) is 13.8 Å². The third-order valence-corrected chi connectivity index (χ3v) is 5.46. The van der Waals surface area contributed by atoms with Crippen LogP contribution in [0.2, 0.25) is 0 Å². The van der Waals surface area contributed by atoms with Gasteiger partial charge in [-0.25, -0.2) is 17.5 Å². The molecule has 0 fully saturated rings.